The fraction of sp³-hybridized carbons (Fsp3) is 0. The quantitative estimate of drug-likeness (QED) is 0.175. The van der Waals surface area contributed by atoms with Crippen LogP contribution < -0.4 is 0 Å². The lowest BCUT2D eigenvalue weighted by molar-refractivity contribution is 1.07. The van der Waals surface area contributed by atoms with E-state index < -0.39 is 0 Å². The average Bonchev–Trinajstić information content (AvgIpc) is 3.96. The molecule has 0 aliphatic heterocycles. The third-order valence-corrected chi connectivity index (χ3v) is 13.4. The molecule has 0 spiro atoms. The largest absolute Gasteiger partial charge is 0.308 e. The molecule has 0 N–H and O–H groups in total. The van der Waals surface area contributed by atoms with E-state index in [-0.39, 0.29) is 0 Å². The van der Waals surface area contributed by atoms with E-state index in [4.69, 9.17) is 15.0 Å². The molecule has 0 amide bonds. The lowest BCUT2D eigenvalue weighted by atomic mass is 10.00. The van der Waals surface area contributed by atoms with Gasteiger partial charge < -0.3 is 4.57 Å². The number of para-hydroxylation sites is 1. The van der Waals surface area contributed by atoms with Gasteiger partial charge in [-0.05, 0) is 53.6 Å². The molecule has 4 heterocycles. The van der Waals surface area contributed by atoms with Crippen LogP contribution in [0.4, 0.5) is 0 Å². The number of benzene rings is 8. The topological polar surface area (TPSA) is 43.6 Å². The molecule has 12 aromatic rings. The van der Waals surface area contributed by atoms with Gasteiger partial charge >= 0.3 is 0 Å². The zero-order chi connectivity index (χ0) is 37.5. The van der Waals surface area contributed by atoms with Crippen molar-refractivity contribution < 1.29 is 0 Å². The monoisotopic (exact) mass is 762 g/mol. The standard InChI is InChI=1S/C51H30N4S2/c1-3-13-31(14-4-1)49-52-50(32-15-5-2-6-16-32)54-51(53-49)35-27-34(33-23-24-40-38-18-8-11-21-44(38)56-46(40)30-33)28-36(29-35)55-43-20-10-7-17-37(43)41-25-26-42-39-19-9-12-22-45(39)57-48(42)47(41)55/h1-30H. The van der Waals surface area contributed by atoms with Crippen LogP contribution in [0.15, 0.2) is 182 Å². The number of nitrogens with zero attached hydrogens (tertiary/aromatic N) is 4. The molecule has 0 aliphatic carbocycles. The molecule has 57 heavy (non-hydrogen) atoms. The van der Waals surface area contributed by atoms with Gasteiger partial charge in [-0.15, -0.1) is 22.7 Å². The summed E-state index contributed by atoms with van der Waals surface area (Å²) in [5.74, 6) is 1.91. The fourth-order valence-electron chi connectivity index (χ4n) is 8.38. The van der Waals surface area contributed by atoms with Crippen molar-refractivity contribution in [1.29, 1.82) is 0 Å². The first kappa shape index (κ1) is 32.3. The van der Waals surface area contributed by atoms with Gasteiger partial charge in [-0.3, -0.25) is 0 Å². The van der Waals surface area contributed by atoms with Crippen LogP contribution in [0.5, 0.6) is 0 Å². The summed E-state index contributed by atoms with van der Waals surface area (Å²) >= 11 is 3.71. The highest BCUT2D eigenvalue weighted by atomic mass is 32.1. The zero-order valence-electron chi connectivity index (χ0n) is 30.4. The van der Waals surface area contributed by atoms with Crippen LogP contribution in [0.3, 0.4) is 0 Å². The molecule has 8 aromatic carbocycles. The van der Waals surface area contributed by atoms with Crippen molar-refractivity contribution in [3.63, 3.8) is 0 Å². The second-order valence-corrected chi connectivity index (χ2v) is 16.5. The zero-order valence-corrected chi connectivity index (χ0v) is 32.1. The predicted octanol–water partition coefficient (Wildman–Crippen LogP) is 14.4. The summed E-state index contributed by atoms with van der Waals surface area (Å²) in [7, 11) is 0. The normalized spacial score (nSPS) is 11.9. The highest BCUT2D eigenvalue weighted by Gasteiger charge is 2.21. The summed E-state index contributed by atoms with van der Waals surface area (Å²) in [6.45, 7) is 0. The molecule has 12 rings (SSSR count). The summed E-state index contributed by atoms with van der Waals surface area (Å²) in [5, 5.41) is 7.60. The van der Waals surface area contributed by atoms with Crippen LogP contribution in [0.2, 0.25) is 0 Å². The van der Waals surface area contributed by atoms with Crippen molar-refractivity contribution in [3.8, 4) is 51.0 Å². The molecule has 0 bridgehead atoms. The van der Waals surface area contributed by atoms with Crippen LogP contribution >= 0.6 is 22.7 Å². The first-order chi connectivity index (χ1) is 28.2. The third-order valence-electron chi connectivity index (χ3n) is 11.0. The molecule has 4 aromatic heterocycles. The van der Waals surface area contributed by atoms with Gasteiger partial charge in [0.1, 0.15) is 0 Å². The molecule has 0 atom stereocenters. The van der Waals surface area contributed by atoms with Gasteiger partial charge in [-0.2, -0.15) is 0 Å². The SMILES string of the molecule is c1ccc(-c2nc(-c3ccccc3)nc(-c3cc(-c4ccc5c(c4)sc4ccccc45)cc(-n4c5ccccc5c5ccc6c7ccccc7sc6c54)c3)n2)cc1. The highest BCUT2D eigenvalue weighted by Crippen LogP contribution is 2.44. The van der Waals surface area contributed by atoms with Gasteiger partial charge in [0.05, 0.1) is 15.7 Å². The molecule has 0 radical (unpaired) electrons. The van der Waals surface area contributed by atoms with Gasteiger partial charge in [-0.25, -0.2) is 15.0 Å². The van der Waals surface area contributed by atoms with E-state index in [9.17, 15) is 0 Å². The Hall–Kier alpha value is -6.99. The van der Waals surface area contributed by atoms with E-state index >= 15 is 0 Å². The number of thiophene rings is 2. The van der Waals surface area contributed by atoms with Gasteiger partial charge in [-0.1, -0.05) is 140 Å². The number of hydrogen-bond acceptors (Lipinski definition) is 5. The number of aromatic nitrogens is 4. The van der Waals surface area contributed by atoms with Crippen molar-refractivity contribution >= 4 is 84.8 Å². The van der Waals surface area contributed by atoms with Gasteiger partial charge in [0.15, 0.2) is 17.5 Å². The molecule has 0 unspecified atom stereocenters. The minimum atomic E-state index is 0.626. The van der Waals surface area contributed by atoms with Gasteiger partial charge in [0.25, 0.3) is 0 Å². The van der Waals surface area contributed by atoms with Crippen LogP contribution in [-0.2, 0) is 0 Å². The van der Waals surface area contributed by atoms with Crippen molar-refractivity contribution in [2.75, 3.05) is 0 Å². The minimum Gasteiger partial charge on any atom is -0.308 e. The second-order valence-electron chi connectivity index (χ2n) is 14.4. The number of fused-ring (bicyclic) bond motifs is 10. The maximum Gasteiger partial charge on any atom is 0.164 e. The van der Waals surface area contributed by atoms with E-state index in [1.807, 2.05) is 59.1 Å². The van der Waals surface area contributed by atoms with Crippen molar-refractivity contribution in [1.82, 2.24) is 19.5 Å². The summed E-state index contributed by atoms with van der Waals surface area (Å²) < 4.78 is 7.59. The van der Waals surface area contributed by atoms with E-state index in [1.54, 1.807) is 0 Å². The Kier molecular flexibility index (Phi) is 7.24. The van der Waals surface area contributed by atoms with Crippen molar-refractivity contribution in [2.24, 2.45) is 0 Å². The first-order valence-electron chi connectivity index (χ1n) is 19.0. The first-order valence-corrected chi connectivity index (χ1v) is 20.6. The van der Waals surface area contributed by atoms with E-state index in [0.29, 0.717) is 17.5 Å². The van der Waals surface area contributed by atoms with E-state index in [2.05, 4.69) is 150 Å². The van der Waals surface area contributed by atoms with Crippen molar-refractivity contribution in [3.05, 3.63) is 182 Å². The molecular formula is C51H30N4S2. The van der Waals surface area contributed by atoms with Crippen molar-refractivity contribution in [2.45, 2.75) is 0 Å². The molecule has 0 saturated carbocycles. The molecule has 4 nitrogen and oxygen atoms in total. The smallest absolute Gasteiger partial charge is 0.164 e. The molecular weight excluding hydrogens is 733 g/mol. The Morgan fingerprint density at radius 2 is 0.860 bits per heavy atom. The van der Waals surface area contributed by atoms with Crippen LogP contribution in [0.25, 0.3) is 113 Å². The fourth-order valence-corrected chi connectivity index (χ4v) is 10.8. The Morgan fingerprint density at radius 3 is 1.58 bits per heavy atom. The minimum absolute atomic E-state index is 0.626. The Bertz CT molecular complexity index is 3470. The molecule has 266 valence electrons. The van der Waals surface area contributed by atoms with E-state index in [1.165, 1.54) is 56.6 Å². The molecule has 0 aliphatic rings. The van der Waals surface area contributed by atoms with Crippen LogP contribution in [0, 0.1) is 0 Å². The number of hydrogen-bond donors (Lipinski definition) is 0. The number of rotatable bonds is 5. The Morgan fingerprint density at radius 1 is 0.333 bits per heavy atom. The van der Waals surface area contributed by atoms with Gasteiger partial charge in [0.2, 0.25) is 0 Å². The maximum atomic E-state index is 5.21. The molecule has 0 fully saturated rings. The Balaban J connectivity index is 1.17. The summed E-state index contributed by atoms with van der Waals surface area (Å²) in [6.07, 6.45) is 0. The third kappa shape index (κ3) is 5.22. The lowest BCUT2D eigenvalue weighted by Gasteiger charge is -2.15. The van der Waals surface area contributed by atoms with Crippen LogP contribution in [-0.4, -0.2) is 19.5 Å². The predicted molar refractivity (Wildman–Crippen MR) is 242 cm³/mol. The van der Waals surface area contributed by atoms with Gasteiger partial charge in [0, 0.05) is 68.8 Å². The molecule has 6 heteroatoms. The molecule has 0 saturated heterocycles. The van der Waals surface area contributed by atoms with Crippen LogP contribution in [0.1, 0.15) is 0 Å². The maximum absolute atomic E-state index is 5.21. The summed E-state index contributed by atoms with van der Waals surface area (Å²) in [5.41, 5.74) is 8.47. The average molecular weight is 763 g/mol. The lowest BCUT2D eigenvalue weighted by Crippen LogP contribution is -2.01. The Labute approximate surface area is 335 Å². The highest BCUT2D eigenvalue weighted by molar-refractivity contribution is 7.26. The summed E-state index contributed by atoms with van der Waals surface area (Å²) in [6, 6.07) is 64.9. The van der Waals surface area contributed by atoms with E-state index in [0.717, 1.165) is 39.0 Å². The second kappa shape index (κ2) is 12.8. The summed E-state index contributed by atoms with van der Waals surface area (Å²) in [4.78, 5) is 15.4.